The Labute approximate surface area is 139 Å². The molecular weight excluding hydrogens is 306 g/mol. The molecule has 0 aliphatic carbocycles. The van der Waals surface area contributed by atoms with Crippen molar-refractivity contribution in [2.24, 2.45) is 5.92 Å². The second kappa shape index (κ2) is 6.20. The summed E-state index contributed by atoms with van der Waals surface area (Å²) in [6.45, 7) is 2.04. The minimum atomic E-state index is -0.224. The van der Waals surface area contributed by atoms with Crippen molar-refractivity contribution in [2.45, 2.75) is 12.5 Å². The smallest absolute Gasteiger partial charge is 0.255 e. The van der Waals surface area contributed by atoms with Crippen molar-refractivity contribution in [3.63, 3.8) is 0 Å². The van der Waals surface area contributed by atoms with Crippen molar-refractivity contribution in [1.29, 1.82) is 0 Å². The molecule has 0 bridgehead atoms. The summed E-state index contributed by atoms with van der Waals surface area (Å²) in [5.74, 6) is -0.178. The molecule has 6 heteroatoms. The molecule has 2 atom stereocenters. The highest BCUT2D eigenvalue weighted by atomic mass is 16.5. The molecule has 2 aliphatic rings. The number of nitrogens with one attached hydrogen (secondary N) is 1. The maximum atomic E-state index is 12.8. The van der Waals surface area contributed by atoms with E-state index >= 15 is 0 Å². The largest absolute Gasteiger partial charge is 0.374 e. The Balaban J connectivity index is 1.54. The van der Waals surface area contributed by atoms with Gasteiger partial charge >= 0.3 is 0 Å². The van der Waals surface area contributed by atoms with Crippen LogP contribution >= 0.6 is 0 Å². The third-order valence-electron chi connectivity index (χ3n) is 4.75. The van der Waals surface area contributed by atoms with Crippen LogP contribution in [0.25, 0.3) is 10.9 Å². The normalized spacial score (nSPS) is 24.2. The van der Waals surface area contributed by atoms with Gasteiger partial charge in [0.25, 0.3) is 5.91 Å². The second-order valence-corrected chi connectivity index (χ2v) is 6.26. The van der Waals surface area contributed by atoms with Gasteiger partial charge in [0.15, 0.2) is 0 Å². The number of fused-ring (bicyclic) bond motifs is 2. The van der Waals surface area contributed by atoms with Crippen molar-refractivity contribution in [3.8, 4) is 0 Å². The molecule has 1 aromatic heterocycles. The summed E-state index contributed by atoms with van der Waals surface area (Å²) >= 11 is 0. The molecule has 2 saturated heterocycles. The Bertz CT molecular complexity index is 792. The van der Waals surface area contributed by atoms with E-state index in [9.17, 15) is 9.59 Å². The minimum Gasteiger partial charge on any atom is -0.374 e. The zero-order valence-corrected chi connectivity index (χ0v) is 13.3. The number of hydrogen-bond donors (Lipinski definition) is 1. The monoisotopic (exact) mass is 325 g/mol. The molecule has 4 rings (SSSR count). The number of likely N-dealkylation sites (tertiary alicyclic amines) is 1. The average Bonchev–Trinajstić information content (AvgIpc) is 2.82. The van der Waals surface area contributed by atoms with Crippen LogP contribution in [0.4, 0.5) is 0 Å². The molecule has 1 aromatic carbocycles. The number of rotatable bonds is 1. The molecule has 2 aliphatic heterocycles. The van der Waals surface area contributed by atoms with Crippen molar-refractivity contribution in [1.82, 2.24) is 15.2 Å². The van der Waals surface area contributed by atoms with Crippen LogP contribution < -0.4 is 5.32 Å². The molecule has 0 saturated carbocycles. The molecule has 2 aromatic rings. The summed E-state index contributed by atoms with van der Waals surface area (Å²) in [6.07, 6.45) is 2.03. The summed E-state index contributed by atoms with van der Waals surface area (Å²) in [4.78, 5) is 31.0. The Morgan fingerprint density at radius 1 is 1.33 bits per heavy atom. The van der Waals surface area contributed by atoms with Gasteiger partial charge in [-0.15, -0.1) is 0 Å². The van der Waals surface area contributed by atoms with Crippen molar-refractivity contribution in [2.75, 3.05) is 26.2 Å². The lowest BCUT2D eigenvalue weighted by Crippen LogP contribution is -2.50. The number of amides is 2. The summed E-state index contributed by atoms with van der Waals surface area (Å²) < 4.78 is 5.77. The second-order valence-electron chi connectivity index (χ2n) is 6.26. The zero-order chi connectivity index (χ0) is 16.5. The quantitative estimate of drug-likeness (QED) is 0.855. The van der Waals surface area contributed by atoms with Crippen LogP contribution in [0.2, 0.25) is 0 Å². The van der Waals surface area contributed by atoms with E-state index in [0.29, 0.717) is 38.2 Å². The lowest BCUT2D eigenvalue weighted by molar-refractivity contribution is -0.129. The van der Waals surface area contributed by atoms with Gasteiger partial charge in [0.2, 0.25) is 5.91 Å². The number of pyridine rings is 1. The summed E-state index contributed by atoms with van der Waals surface area (Å²) in [5, 5.41) is 3.81. The summed E-state index contributed by atoms with van der Waals surface area (Å²) in [5.41, 5.74) is 1.45. The SMILES string of the molecule is O=C1NCCO[C@H]2CN(C(=O)c3cnc4ccccc4c3)CC[C@@H]12. The fourth-order valence-corrected chi connectivity index (χ4v) is 3.46. The van der Waals surface area contributed by atoms with Crippen LogP contribution in [-0.4, -0.2) is 54.0 Å². The maximum absolute atomic E-state index is 12.8. The fourth-order valence-electron chi connectivity index (χ4n) is 3.46. The van der Waals surface area contributed by atoms with Gasteiger partial charge < -0.3 is 15.0 Å². The third-order valence-corrected chi connectivity index (χ3v) is 4.75. The number of aromatic nitrogens is 1. The third kappa shape index (κ3) is 2.73. The average molecular weight is 325 g/mol. The summed E-state index contributed by atoms with van der Waals surface area (Å²) in [6, 6.07) is 9.60. The van der Waals surface area contributed by atoms with E-state index in [1.165, 1.54) is 0 Å². The first-order valence-corrected chi connectivity index (χ1v) is 8.26. The number of ether oxygens (including phenoxy) is 1. The highest BCUT2D eigenvalue weighted by Crippen LogP contribution is 2.24. The van der Waals surface area contributed by atoms with E-state index < -0.39 is 0 Å². The van der Waals surface area contributed by atoms with Crippen LogP contribution in [-0.2, 0) is 9.53 Å². The Morgan fingerprint density at radius 3 is 3.12 bits per heavy atom. The molecule has 124 valence electrons. The molecule has 0 unspecified atom stereocenters. The van der Waals surface area contributed by atoms with Crippen LogP contribution in [0.1, 0.15) is 16.8 Å². The van der Waals surface area contributed by atoms with E-state index in [4.69, 9.17) is 4.74 Å². The lowest BCUT2D eigenvalue weighted by Gasteiger charge is -2.36. The number of piperidine rings is 1. The predicted molar refractivity (Wildman–Crippen MR) is 88.5 cm³/mol. The molecule has 3 heterocycles. The van der Waals surface area contributed by atoms with E-state index in [-0.39, 0.29) is 23.8 Å². The number of carbonyl (C=O) groups excluding carboxylic acids is 2. The van der Waals surface area contributed by atoms with Crippen LogP contribution in [0, 0.1) is 5.92 Å². The first-order chi connectivity index (χ1) is 11.7. The predicted octanol–water partition coefficient (Wildman–Crippen LogP) is 1.21. The molecule has 2 fully saturated rings. The molecule has 6 nitrogen and oxygen atoms in total. The van der Waals surface area contributed by atoms with Gasteiger partial charge in [-0.05, 0) is 18.6 Å². The summed E-state index contributed by atoms with van der Waals surface area (Å²) in [7, 11) is 0. The van der Waals surface area contributed by atoms with Crippen LogP contribution in [0.3, 0.4) is 0 Å². The van der Waals surface area contributed by atoms with Crippen LogP contribution in [0.5, 0.6) is 0 Å². The fraction of sp³-hybridized carbons (Fsp3) is 0.389. The van der Waals surface area contributed by atoms with Gasteiger partial charge in [-0.1, -0.05) is 18.2 Å². The van der Waals surface area contributed by atoms with E-state index in [2.05, 4.69) is 10.3 Å². The molecule has 2 amide bonds. The highest BCUT2D eigenvalue weighted by Gasteiger charge is 2.37. The van der Waals surface area contributed by atoms with Crippen molar-refractivity contribution < 1.29 is 14.3 Å². The molecule has 1 N–H and O–H groups in total. The maximum Gasteiger partial charge on any atom is 0.255 e. The number of hydrogen-bond acceptors (Lipinski definition) is 4. The first-order valence-electron chi connectivity index (χ1n) is 8.26. The standard InChI is InChI=1S/C18H19N3O3/c22-17-14-5-7-21(11-16(14)24-8-6-19-17)18(23)13-9-12-3-1-2-4-15(12)20-10-13/h1-4,9-10,14,16H,5-8,11H2,(H,19,22)/t14-,16+/m1/s1. The Morgan fingerprint density at radius 2 is 2.21 bits per heavy atom. The Hall–Kier alpha value is -2.47. The highest BCUT2D eigenvalue weighted by molar-refractivity contribution is 5.97. The lowest BCUT2D eigenvalue weighted by atomic mass is 9.92. The van der Waals surface area contributed by atoms with E-state index in [1.54, 1.807) is 11.1 Å². The molecular formula is C18H19N3O3. The van der Waals surface area contributed by atoms with Gasteiger partial charge in [-0.3, -0.25) is 14.6 Å². The Kier molecular flexibility index (Phi) is 3.90. The van der Waals surface area contributed by atoms with E-state index in [1.807, 2.05) is 30.3 Å². The van der Waals surface area contributed by atoms with Crippen molar-refractivity contribution >= 4 is 22.7 Å². The molecule has 0 radical (unpaired) electrons. The van der Waals surface area contributed by atoms with Crippen LogP contribution in [0.15, 0.2) is 36.5 Å². The van der Waals surface area contributed by atoms with Gasteiger partial charge in [-0.25, -0.2) is 0 Å². The number of nitrogens with zero attached hydrogens (tertiary/aromatic N) is 2. The van der Waals surface area contributed by atoms with Gasteiger partial charge in [0.1, 0.15) is 0 Å². The van der Waals surface area contributed by atoms with Gasteiger partial charge in [-0.2, -0.15) is 0 Å². The number of benzene rings is 1. The zero-order valence-electron chi connectivity index (χ0n) is 13.3. The first kappa shape index (κ1) is 15.1. The topological polar surface area (TPSA) is 71.5 Å². The van der Waals surface area contributed by atoms with Gasteiger partial charge in [0.05, 0.1) is 29.7 Å². The van der Waals surface area contributed by atoms with Gasteiger partial charge in [0, 0.05) is 31.2 Å². The number of carbonyl (C=O) groups is 2. The molecule has 24 heavy (non-hydrogen) atoms. The molecule has 0 spiro atoms. The van der Waals surface area contributed by atoms with E-state index in [0.717, 1.165) is 10.9 Å². The number of para-hydroxylation sites is 1. The minimum absolute atomic E-state index is 0.0389. The van der Waals surface area contributed by atoms with Crippen molar-refractivity contribution in [3.05, 3.63) is 42.1 Å².